The van der Waals surface area contributed by atoms with Crippen LogP contribution in [0.5, 0.6) is 0 Å². The second kappa shape index (κ2) is 7.96. The zero-order valence-electron chi connectivity index (χ0n) is 13.3. The van der Waals surface area contributed by atoms with Gasteiger partial charge in [-0.3, -0.25) is 14.2 Å². The monoisotopic (exact) mass is 376 g/mol. The Morgan fingerprint density at radius 1 is 1.28 bits per heavy atom. The number of nitrogens with zero attached hydrogens (tertiary/aromatic N) is 1. The summed E-state index contributed by atoms with van der Waals surface area (Å²) in [7, 11) is -1.64. The number of carbonyl (C=O) groups is 1. The van der Waals surface area contributed by atoms with Gasteiger partial charge in [0.25, 0.3) is 0 Å². The molecule has 0 saturated carbocycles. The van der Waals surface area contributed by atoms with Crippen LogP contribution in [0, 0.1) is 0 Å². The molecule has 0 aliphatic carbocycles. The molecule has 25 heavy (non-hydrogen) atoms. The molecular weight excluding hydrogens is 359 g/mol. The second-order valence-electron chi connectivity index (χ2n) is 5.66. The topological polar surface area (TPSA) is 91.6 Å². The molecule has 9 heteroatoms. The minimum Gasteiger partial charge on any atom is -0.426 e. The number of para-hydroxylation sites is 1. The van der Waals surface area contributed by atoms with Crippen LogP contribution in [0.25, 0.3) is 10.2 Å². The van der Waals surface area contributed by atoms with E-state index in [4.69, 9.17) is 0 Å². The first-order valence-electron chi connectivity index (χ1n) is 7.79. The molecule has 0 radical (unpaired) electrons. The largest absolute Gasteiger partial charge is 0.475 e. The molecule has 1 atom stereocenters. The first kappa shape index (κ1) is 17.9. The number of fused-ring (bicyclic) bond motifs is 1. The van der Waals surface area contributed by atoms with E-state index >= 15 is 0 Å². The van der Waals surface area contributed by atoms with Crippen LogP contribution in [0.4, 0.5) is 0 Å². The van der Waals surface area contributed by atoms with Crippen molar-refractivity contribution in [2.75, 3.05) is 0 Å². The smallest absolute Gasteiger partial charge is 0.426 e. The van der Waals surface area contributed by atoms with Crippen LogP contribution in [-0.2, 0) is 17.8 Å². The molecule has 1 aromatic carbocycles. The van der Waals surface area contributed by atoms with Gasteiger partial charge >= 0.3 is 12.0 Å². The number of hydrogen-bond donors (Lipinski definition) is 3. The van der Waals surface area contributed by atoms with Gasteiger partial charge in [0.1, 0.15) is 0 Å². The number of benzene rings is 1. The Balaban J connectivity index is 1.63. The SMILES string of the molecule is O=C(CCn1c(=O)sc2ccccc21)N[C@@H](Cc1ccsc1)B(O)O. The maximum atomic E-state index is 12.2. The summed E-state index contributed by atoms with van der Waals surface area (Å²) >= 11 is 2.66. The third kappa shape index (κ3) is 4.37. The first-order valence-corrected chi connectivity index (χ1v) is 9.55. The van der Waals surface area contributed by atoms with Crippen molar-refractivity contribution in [3.05, 3.63) is 56.3 Å². The summed E-state index contributed by atoms with van der Waals surface area (Å²) in [5.74, 6) is -1.10. The molecule has 1 amide bonds. The van der Waals surface area contributed by atoms with Crippen molar-refractivity contribution in [1.82, 2.24) is 9.88 Å². The van der Waals surface area contributed by atoms with Crippen molar-refractivity contribution in [3.63, 3.8) is 0 Å². The first-order chi connectivity index (χ1) is 12.0. The molecule has 0 aliphatic heterocycles. The van der Waals surface area contributed by atoms with E-state index in [1.165, 1.54) is 11.3 Å². The molecule has 0 saturated heterocycles. The number of amides is 1. The Kier molecular flexibility index (Phi) is 5.69. The number of aromatic nitrogens is 1. The van der Waals surface area contributed by atoms with Gasteiger partial charge in [0.15, 0.2) is 0 Å². The number of thiophene rings is 1. The van der Waals surface area contributed by atoms with Gasteiger partial charge in [-0.15, -0.1) is 0 Å². The van der Waals surface area contributed by atoms with Crippen LogP contribution >= 0.6 is 22.7 Å². The Labute approximate surface area is 152 Å². The Morgan fingerprint density at radius 2 is 2.08 bits per heavy atom. The predicted molar refractivity (Wildman–Crippen MR) is 101 cm³/mol. The molecule has 6 nitrogen and oxygen atoms in total. The molecule has 0 spiro atoms. The highest BCUT2D eigenvalue weighted by atomic mass is 32.1. The molecule has 3 rings (SSSR count). The lowest BCUT2D eigenvalue weighted by atomic mass is 9.76. The van der Waals surface area contributed by atoms with Gasteiger partial charge < -0.3 is 15.4 Å². The molecule has 0 unspecified atom stereocenters. The maximum Gasteiger partial charge on any atom is 0.475 e. The van der Waals surface area contributed by atoms with Crippen LogP contribution in [-0.4, -0.2) is 33.6 Å². The third-order valence-corrected chi connectivity index (χ3v) is 5.57. The zero-order chi connectivity index (χ0) is 17.8. The molecule has 2 heterocycles. The average Bonchev–Trinajstić information content (AvgIpc) is 3.19. The van der Waals surface area contributed by atoms with Gasteiger partial charge in [0.05, 0.1) is 16.2 Å². The van der Waals surface area contributed by atoms with E-state index in [0.29, 0.717) is 6.42 Å². The van der Waals surface area contributed by atoms with Gasteiger partial charge in [-0.2, -0.15) is 11.3 Å². The molecule has 3 N–H and O–H groups in total. The van der Waals surface area contributed by atoms with Crippen LogP contribution in [0.1, 0.15) is 12.0 Å². The van der Waals surface area contributed by atoms with Crippen molar-refractivity contribution < 1.29 is 14.8 Å². The van der Waals surface area contributed by atoms with Gasteiger partial charge in [0, 0.05) is 13.0 Å². The maximum absolute atomic E-state index is 12.2. The van der Waals surface area contributed by atoms with E-state index in [1.54, 1.807) is 4.57 Å². The zero-order valence-corrected chi connectivity index (χ0v) is 14.9. The van der Waals surface area contributed by atoms with Gasteiger partial charge in [-0.1, -0.05) is 23.5 Å². The Bertz CT molecular complexity index is 904. The Hall–Kier alpha value is -1.94. The standard InChI is InChI=1S/C16H17BN2O4S2/c20-15(18-14(17(22)23)9-11-6-8-24-10-11)5-7-19-12-3-1-2-4-13(12)25-16(19)21/h1-4,6,8,10,14,22-23H,5,7,9H2,(H,18,20)/t14-/m0/s1. The summed E-state index contributed by atoms with van der Waals surface area (Å²) in [6, 6.07) is 9.32. The fourth-order valence-electron chi connectivity index (χ4n) is 2.61. The Morgan fingerprint density at radius 3 is 2.80 bits per heavy atom. The lowest BCUT2D eigenvalue weighted by Gasteiger charge is -2.17. The van der Waals surface area contributed by atoms with Crippen LogP contribution in [0.3, 0.4) is 0 Å². The number of carbonyl (C=O) groups excluding carboxylic acids is 1. The molecular formula is C16H17BN2O4S2. The highest BCUT2D eigenvalue weighted by Crippen LogP contribution is 2.16. The molecule has 3 aromatic rings. The molecule has 130 valence electrons. The summed E-state index contributed by atoms with van der Waals surface area (Å²) in [4.78, 5) is 24.1. The normalized spacial score (nSPS) is 12.2. The van der Waals surface area contributed by atoms with E-state index in [1.807, 2.05) is 41.1 Å². The number of rotatable bonds is 7. The molecule has 0 bridgehead atoms. The van der Waals surface area contributed by atoms with E-state index in [2.05, 4.69) is 5.32 Å². The highest BCUT2D eigenvalue weighted by Gasteiger charge is 2.25. The summed E-state index contributed by atoms with van der Waals surface area (Å²) in [6.45, 7) is 0.251. The average molecular weight is 376 g/mol. The van der Waals surface area contributed by atoms with Crippen LogP contribution < -0.4 is 10.2 Å². The number of nitrogens with one attached hydrogen (secondary N) is 1. The van der Waals surface area contributed by atoms with Crippen molar-refractivity contribution in [1.29, 1.82) is 0 Å². The van der Waals surface area contributed by atoms with E-state index in [-0.39, 0.29) is 23.7 Å². The third-order valence-electron chi connectivity index (χ3n) is 3.88. The van der Waals surface area contributed by atoms with E-state index in [9.17, 15) is 19.6 Å². The summed E-state index contributed by atoms with van der Waals surface area (Å²) in [5.41, 5.74) is 1.74. The lowest BCUT2D eigenvalue weighted by Crippen LogP contribution is -2.48. The summed E-state index contributed by atoms with van der Waals surface area (Å²) in [5, 5.41) is 25.4. The number of thiazole rings is 1. The van der Waals surface area contributed by atoms with Crippen molar-refractivity contribution in [2.45, 2.75) is 25.3 Å². The summed E-state index contributed by atoms with van der Waals surface area (Å²) < 4.78 is 2.46. The van der Waals surface area contributed by atoms with Crippen LogP contribution in [0.2, 0.25) is 0 Å². The van der Waals surface area contributed by atoms with Crippen LogP contribution in [0.15, 0.2) is 45.9 Å². The molecule has 2 aromatic heterocycles. The van der Waals surface area contributed by atoms with Crippen molar-refractivity contribution >= 4 is 45.9 Å². The second-order valence-corrected chi connectivity index (χ2v) is 7.43. The van der Waals surface area contributed by atoms with Gasteiger partial charge in [-0.25, -0.2) is 0 Å². The van der Waals surface area contributed by atoms with Gasteiger partial charge in [0.2, 0.25) is 5.91 Å². The quantitative estimate of drug-likeness (QED) is 0.542. The van der Waals surface area contributed by atoms with Crippen molar-refractivity contribution in [2.24, 2.45) is 0 Å². The van der Waals surface area contributed by atoms with E-state index < -0.39 is 13.1 Å². The number of hydrogen-bond acceptors (Lipinski definition) is 6. The van der Waals surface area contributed by atoms with E-state index in [0.717, 1.165) is 27.1 Å². The minimum atomic E-state index is -1.64. The molecule has 0 aliphatic rings. The fraction of sp³-hybridized carbons (Fsp3) is 0.250. The van der Waals surface area contributed by atoms with Gasteiger partial charge in [-0.05, 0) is 40.9 Å². The predicted octanol–water partition coefficient (Wildman–Crippen LogP) is 1.25. The lowest BCUT2D eigenvalue weighted by molar-refractivity contribution is -0.121. The number of aryl methyl sites for hydroxylation is 1. The molecule has 0 fully saturated rings. The minimum absolute atomic E-state index is 0.0908. The summed E-state index contributed by atoms with van der Waals surface area (Å²) in [6.07, 6.45) is 0.432. The highest BCUT2D eigenvalue weighted by molar-refractivity contribution is 7.16. The fourth-order valence-corrected chi connectivity index (χ4v) is 4.21. The van der Waals surface area contributed by atoms with Crippen molar-refractivity contribution in [3.8, 4) is 0 Å².